The zero-order chi connectivity index (χ0) is 14.0. The molecule has 1 heterocycles. The summed E-state index contributed by atoms with van der Waals surface area (Å²) in [5.41, 5.74) is 1.85. The van der Waals surface area contributed by atoms with E-state index in [0.717, 1.165) is 24.3 Å². The van der Waals surface area contributed by atoms with Crippen LogP contribution < -0.4 is 10.2 Å². The minimum Gasteiger partial charge on any atom is -0.371 e. The van der Waals surface area contributed by atoms with E-state index >= 15 is 0 Å². The molecule has 19 heavy (non-hydrogen) atoms. The summed E-state index contributed by atoms with van der Waals surface area (Å²) in [6, 6.07) is 5.46. The molecule has 0 saturated carbocycles. The molecule has 3 heteroatoms. The van der Waals surface area contributed by atoms with E-state index in [1.807, 2.05) is 20.0 Å². The van der Waals surface area contributed by atoms with E-state index in [1.54, 1.807) is 6.07 Å². The fraction of sp³-hybridized carbons (Fsp3) is 0.625. The first-order chi connectivity index (χ1) is 9.02. The minimum absolute atomic E-state index is 0.0312. The van der Waals surface area contributed by atoms with Crippen LogP contribution in [0.1, 0.15) is 38.8 Å². The van der Waals surface area contributed by atoms with Gasteiger partial charge in [-0.3, -0.25) is 0 Å². The average Bonchev–Trinajstić information content (AvgIpc) is 2.36. The van der Waals surface area contributed by atoms with Crippen LogP contribution in [0.15, 0.2) is 18.2 Å². The quantitative estimate of drug-likeness (QED) is 0.897. The Balaban J connectivity index is 2.36. The molecule has 0 spiro atoms. The Morgan fingerprint density at radius 3 is 2.47 bits per heavy atom. The second kappa shape index (κ2) is 5.91. The molecule has 0 aromatic heterocycles. The Hall–Kier alpha value is -1.09. The van der Waals surface area contributed by atoms with Crippen LogP contribution in [0.5, 0.6) is 0 Å². The Labute approximate surface area is 116 Å². The standard InChI is InChI=1S/C16H25FN2/c1-11-8-12(2)10-19(9-11)15-7-5-6-14(17)16(15)13(3)18-4/h5-7,11-13,18H,8-10H2,1-4H3. The number of benzene rings is 1. The number of anilines is 1. The second-order valence-corrected chi connectivity index (χ2v) is 6.03. The molecule has 0 amide bonds. The number of rotatable bonds is 3. The van der Waals surface area contributed by atoms with E-state index in [2.05, 4.69) is 30.1 Å². The first-order valence-corrected chi connectivity index (χ1v) is 7.23. The van der Waals surface area contributed by atoms with Crippen molar-refractivity contribution in [2.24, 2.45) is 11.8 Å². The van der Waals surface area contributed by atoms with E-state index in [1.165, 1.54) is 6.42 Å². The third kappa shape index (κ3) is 3.08. The monoisotopic (exact) mass is 264 g/mol. The fourth-order valence-corrected chi connectivity index (χ4v) is 3.23. The molecule has 3 atom stereocenters. The van der Waals surface area contributed by atoms with Crippen molar-refractivity contribution in [1.29, 1.82) is 0 Å². The summed E-state index contributed by atoms with van der Waals surface area (Å²) in [6.45, 7) is 8.62. The lowest BCUT2D eigenvalue weighted by Gasteiger charge is -2.38. The molecule has 3 unspecified atom stereocenters. The molecule has 0 radical (unpaired) electrons. The summed E-state index contributed by atoms with van der Waals surface area (Å²) in [6.07, 6.45) is 1.27. The number of hydrogen-bond donors (Lipinski definition) is 1. The lowest BCUT2D eigenvalue weighted by molar-refractivity contribution is 0.355. The maximum atomic E-state index is 14.2. The van der Waals surface area contributed by atoms with E-state index in [9.17, 15) is 4.39 Å². The molecule has 1 N–H and O–H groups in total. The SMILES string of the molecule is CNC(C)c1c(F)cccc1N1CC(C)CC(C)C1. The molecule has 1 aliphatic rings. The second-order valence-electron chi connectivity index (χ2n) is 6.03. The zero-order valence-electron chi connectivity index (χ0n) is 12.4. The third-order valence-corrected chi connectivity index (χ3v) is 4.11. The van der Waals surface area contributed by atoms with Crippen LogP contribution in [-0.4, -0.2) is 20.1 Å². The largest absolute Gasteiger partial charge is 0.371 e. The van der Waals surface area contributed by atoms with Gasteiger partial charge in [-0.2, -0.15) is 0 Å². The van der Waals surface area contributed by atoms with Gasteiger partial charge in [0.2, 0.25) is 0 Å². The molecule has 1 saturated heterocycles. The van der Waals surface area contributed by atoms with Gasteiger partial charge in [-0.25, -0.2) is 4.39 Å². The van der Waals surface area contributed by atoms with Crippen molar-refractivity contribution in [3.8, 4) is 0 Å². The highest BCUT2D eigenvalue weighted by molar-refractivity contribution is 5.56. The van der Waals surface area contributed by atoms with Crippen LogP contribution in [0.2, 0.25) is 0 Å². The van der Waals surface area contributed by atoms with Crippen molar-refractivity contribution >= 4 is 5.69 Å². The first-order valence-electron chi connectivity index (χ1n) is 7.23. The number of halogens is 1. The Morgan fingerprint density at radius 2 is 1.89 bits per heavy atom. The predicted octanol–water partition coefficient (Wildman–Crippen LogP) is 3.59. The van der Waals surface area contributed by atoms with Crippen LogP contribution in [0.4, 0.5) is 10.1 Å². The van der Waals surface area contributed by atoms with Gasteiger partial charge in [-0.05, 0) is 44.4 Å². The van der Waals surface area contributed by atoms with Gasteiger partial charge in [0.15, 0.2) is 0 Å². The highest BCUT2D eigenvalue weighted by atomic mass is 19.1. The van der Waals surface area contributed by atoms with Crippen LogP contribution >= 0.6 is 0 Å². The molecule has 1 aromatic rings. The highest BCUT2D eigenvalue weighted by Gasteiger charge is 2.25. The van der Waals surface area contributed by atoms with Crippen molar-refractivity contribution in [1.82, 2.24) is 5.32 Å². The molecule has 106 valence electrons. The van der Waals surface area contributed by atoms with Gasteiger partial charge in [0, 0.05) is 30.4 Å². The predicted molar refractivity (Wildman–Crippen MR) is 79.0 cm³/mol. The summed E-state index contributed by atoms with van der Waals surface area (Å²) in [4.78, 5) is 2.35. The first kappa shape index (κ1) is 14.3. The Morgan fingerprint density at radius 1 is 1.26 bits per heavy atom. The summed E-state index contributed by atoms with van der Waals surface area (Å²) < 4.78 is 14.2. The van der Waals surface area contributed by atoms with E-state index in [-0.39, 0.29) is 11.9 Å². The third-order valence-electron chi connectivity index (χ3n) is 4.11. The van der Waals surface area contributed by atoms with Crippen LogP contribution in [-0.2, 0) is 0 Å². The number of nitrogens with zero attached hydrogens (tertiary/aromatic N) is 1. The maximum absolute atomic E-state index is 14.2. The Bertz CT molecular complexity index is 423. The molecule has 2 nitrogen and oxygen atoms in total. The van der Waals surface area contributed by atoms with Gasteiger partial charge in [0.05, 0.1) is 0 Å². The number of nitrogens with one attached hydrogen (secondary N) is 1. The summed E-state index contributed by atoms with van der Waals surface area (Å²) >= 11 is 0. The summed E-state index contributed by atoms with van der Waals surface area (Å²) in [5.74, 6) is 1.24. The Kier molecular flexibility index (Phi) is 4.46. The van der Waals surface area contributed by atoms with Crippen LogP contribution in [0, 0.1) is 17.7 Å². The van der Waals surface area contributed by atoms with Crippen LogP contribution in [0.3, 0.4) is 0 Å². The van der Waals surface area contributed by atoms with Gasteiger partial charge in [0.1, 0.15) is 5.82 Å². The lowest BCUT2D eigenvalue weighted by Crippen LogP contribution is -2.39. The lowest BCUT2D eigenvalue weighted by atomic mass is 9.90. The summed E-state index contributed by atoms with van der Waals surface area (Å²) in [5, 5.41) is 3.16. The topological polar surface area (TPSA) is 15.3 Å². The fourth-order valence-electron chi connectivity index (χ4n) is 3.23. The van der Waals surface area contributed by atoms with Crippen molar-refractivity contribution in [2.75, 3.05) is 25.0 Å². The zero-order valence-corrected chi connectivity index (χ0v) is 12.4. The van der Waals surface area contributed by atoms with Gasteiger partial charge >= 0.3 is 0 Å². The van der Waals surface area contributed by atoms with Gasteiger partial charge in [0.25, 0.3) is 0 Å². The minimum atomic E-state index is -0.106. The molecular formula is C16H25FN2. The smallest absolute Gasteiger partial charge is 0.130 e. The molecule has 1 aromatic carbocycles. The van der Waals surface area contributed by atoms with Crippen LogP contribution in [0.25, 0.3) is 0 Å². The molecule has 1 fully saturated rings. The number of hydrogen-bond acceptors (Lipinski definition) is 2. The van der Waals surface area contributed by atoms with Crippen molar-refractivity contribution in [3.05, 3.63) is 29.6 Å². The molecule has 2 rings (SSSR count). The normalized spacial score (nSPS) is 25.4. The maximum Gasteiger partial charge on any atom is 0.130 e. The highest BCUT2D eigenvalue weighted by Crippen LogP contribution is 2.33. The van der Waals surface area contributed by atoms with E-state index in [4.69, 9.17) is 0 Å². The van der Waals surface area contributed by atoms with Gasteiger partial charge < -0.3 is 10.2 Å². The molecule has 1 aliphatic heterocycles. The van der Waals surface area contributed by atoms with Gasteiger partial charge in [-0.1, -0.05) is 19.9 Å². The van der Waals surface area contributed by atoms with E-state index < -0.39 is 0 Å². The number of piperidine rings is 1. The average molecular weight is 264 g/mol. The molecule has 0 aliphatic carbocycles. The van der Waals surface area contributed by atoms with Gasteiger partial charge in [-0.15, -0.1) is 0 Å². The van der Waals surface area contributed by atoms with E-state index in [0.29, 0.717) is 11.8 Å². The summed E-state index contributed by atoms with van der Waals surface area (Å²) in [7, 11) is 1.88. The van der Waals surface area contributed by atoms with Crippen molar-refractivity contribution in [3.63, 3.8) is 0 Å². The molecule has 0 bridgehead atoms. The van der Waals surface area contributed by atoms with Crippen molar-refractivity contribution < 1.29 is 4.39 Å². The van der Waals surface area contributed by atoms with Crippen molar-refractivity contribution in [2.45, 2.75) is 33.2 Å². The molecular weight excluding hydrogens is 239 g/mol.